The van der Waals surface area contributed by atoms with Gasteiger partial charge in [0.15, 0.2) is 5.96 Å². The first-order valence-corrected chi connectivity index (χ1v) is 9.65. The third-order valence-electron chi connectivity index (χ3n) is 6.16. The van der Waals surface area contributed by atoms with Crippen LogP contribution in [-0.4, -0.2) is 53.9 Å². The fourth-order valence-electron chi connectivity index (χ4n) is 4.32. The first-order chi connectivity index (χ1) is 13.0. The number of benzene rings is 1. The van der Waals surface area contributed by atoms with E-state index in [2.05, 4.69) is 45.6 Å². The largest absolute Gasteiger partial charge is 0.496 e. The lowest BCUT2D eigenvalue weighted by molar-refractivity contribution is 0.404. The molecule has 0 spiro atoms. The van der Waals surface area contributed by atoms with Gasteiger partial charge in [-0.15, -0.1) is 24.0 Å². The average Bonchev–Trinajstić information content (AvgIpc) is 3.05. The Morgan fingerprint density at radius 1 is 1.36 bits per heavy atom. The second kappa shape index (κ2) is 8.31. The highest BCUT2D eigenvalue weighted by Crippen LogP contribution is 2.51. The highest BCUT2D eigenvalue weighted by Gasteiger charge is 2.53. The van der Waals surface area contributed by atoms with Crippen molar-refractivity contribution >= 4 is 29.9 Å². The summed E-state index contributed by atoms with van der Waals surface area (Å²) < 4.78 is 7.46. The van der Waals surface area contributed by atoms with Gasteiger partial charge in [-0.25, -0.2) is 0 Å². The summed E-state index contributed by atoms with van der Waals surface area (Å²) in [6.45, 7) is 4.32. The topological polar surface area (TPSA) is 54.7 Å². The van der Waals surface area contributed by atoms with Crippen molar-refractivity contribution in [1.29, 1.82) is 0 Å². The van der Waals surface area contributed by atoms with E-state index in [9.17, 15) is 0 Å². The van der Waals surface area contributed by atoms with E-state index in [1.165, 1.54) is 11.1 Å². The SMILES string of the molecule is CN=C(NC1CC1(C)c1ccccc1OC)N1CCC(c2cnn(C)c2)C1.I. The van der Waals surface area contributed by atoms with E-state index >= 15 is 0 Å². The van der Waals surface area contributed by atoms with Crippen LogP contribution in [0.2, 0.25) is 0 Å². The Balaban J connectivity index is 0.00000225. The summed E-state index contributed by atoms with van der Waals surface area (Å²) in [6.07, 6.45) is 6.35. The molecule has 1 aromatic carbocycles. The lowest BCUT2D eigenvalue weighted by atomic mass is 9.96. The van der Waals surface area contributed by atoms with E-state index in [0.717, 1.165) is 37.6 Å². The number of aromatic nitrogens is 2. The Hall–Kier alpha value is -1.77. The van der Waals surface area contributed by atoms with Crippen LogP contribution in [-0.2, 0) is 12.5 Å². The minimum absolute atomic E-state index is 0. The number of rotatable bonds is 4. The van der Waals surface area contributed by atoms with Crippen molar-refractivity contribution in [3.63, 3.8) is 0 Å². The highest BCUT2D eigenvalue weighted by molar-refractivity contribution is 14.0. The molecule has 3 unspecified atom stereocenters. The summed E-state index contributed by atoms with van der Waals surface area (Å²) in [5.74, 6) is 2.50. The number of nitrogens with zero attached hydrogens (tertiary/aromatic N) is 4. The maximum absolute atomic E-state index is 5.58. The summed E-state index contributed by atoms with van der Waals surface area (Å²) in [7, 11) is 5.60. The number of ether oxygens (including phenoxy) is 1. The molecule has 0 amide bonds. The number of aliphatic imine (C=N–C) groups is 1. The van der Waals surface area contributed by atoms with Gasteiger partial charge in [0.25, 0.3) is 0 Å². The fourth-order valence-corrected chi connectivity index (χ4v) is 4.32. The summed E-state index contributed by atoms with van der Waals surface area (Å²) in [4.78, 5) is 6.94. The Bertz CT molecular complexity index is 851. The molecule has 7 heteroatoms. The number of aryl methyl sites for hydroxylation is 1. The van der Waals surface area contributed by atoms with E-state index in [4.69, 9.17) is 4.74 Å². The normalized spacial score (nSPS) is 26.7. The summed E-state index contributed by atoms with van der Waals surface area (Å²) >= 11 is 0. The Morgan fingerprint density at radius 2 is 2.14 bits per heavy atom. The van der Waals surface area contributed by atoms with Crippen LogP contribution in [0, 0.1) is 0 Å². The first kappa shape index (κ1) is 21.0. The van der Waals surface area contributed by atoms with E-state index < -0.39 is 0 Å². The molecular formula is C21H30IN5O. The Labute approximate surface area is 184 Å². The Kier molecular flexibility index (Phi) is 6.21. The fraction of sp³-hybridized carbons (Fsp3) is 0.524. The maximum atomic E-state index is 5.58. The van der Waals surface area contributed by atoms with Crippen LogP contribution >= 0.6 is 24.0 Å². The smallest absolute Gasteiger partial charge is 0.193 e. The summed E-state index contributed by atoms with van der Waals surface area (Å²) in [5, 5.41) is 8.02. The molecule has 1 aliphatic heterocycles. The monoisotopic (exact) mass is 495 g/mol. The minimum Gasteiger partial charge on any atom is -0.496 e. The molecule has 2 aromatic rings. The van der Waals surface area contributed by atoms with Crippen molar-refractivity contribution in [1.82, 2.24) is 20.0 Å². The second-order valence-electron chi connectivity index (χ2n) is 7.94. The number of nitrogens with one attached hydrogen (secondary N) is 1. The molecule has 1 saturated heterocycles. The first-order valence-electron chi connectivity index (χ1n) is 9.65. The minimum atomic E-state index is 0. The third kappa shape index (κ3) is 3.86. The predicted molar refractivity (Wildman–Crippen MR) is 123 cm³/mol. The van der Waals surface area contributed by atoms with Crippen LogP contribution < -0.4 is 10.1 Å². The van der Waals surface area contributed by atoms with Gasteiger partial charge in [-0.3, -0.25) is 9.67 Å². The zero-order valence-electron chi connectivity index (χ0n) is 17.1. The van der Waals surface area contributed by atoms with Crippen LogP contribution in [0.4, 0.5) is 0 Å². The number of para-hydroxylation sites is 1. The molecule has 2 fully saturated rings. The molecule has 0 bridgehead atoms. The van der Waals surface area contributed by atoms with Crippen molar-refractivity contribution in [3.05, 3.63) is 47.8 Å². The van der Waals surface area contributed by atoms with E-state index in [-0.39, 0.29) is 29.4 Å². The zero-order valence-corrected chi connectivity index (χ0v) is 19.4. The molecule has 152 valence electrons. The summed E-state index contributed by atoms with van der Waals surface area (Å²) in [6, 6.07) is 8.72. The van der Waals surface area contributed by atoms with E-state index in [1.54, 1.807) is 7.11 Å². The lowest BCUT2D eigenvalue weighted by Crippen LogP contribution is -2.42. The van der Waals surface area contributed by atoms with Crippen LogP contribution in [0.3, 0.4) is 0 Å². The highest BCUT2D eigenvalue weighted by atomic mass is 127. The lowest BCUT2D eigenvalue weighted by Gasteiger charge is -2.23. The van der Waals surface area contributed by atoms with Crippen LogP contribution in [0.15, 0.2) is 41.7 Å². The second-order valence-corrected chi connectivity index (χ2v) is 7.94. The standard InChI is InChI=1S/C21H29N5O.HI/c1-21(17-7-5-6-8-18(17)27-4)11-19(21)24-20(22-2)26-10-9-15(14-26)16-12-23-25(3)13-16;/h5-8,12-13,15,19H,9-11,14H2,1-4H3,(H,22,24);1H. The van der Waals surface area contributed by atoms with Gasteiger partial charge in [-0.1, -0.05) is 25.1 Å². The molecule has 1 aromatic heterocycles. The van der Waals surface area contributed by atoms with Crippen molar-refractivity contribution in [2.75, 3.05) is 27.2 Å². The molecule has 6 nitrogen and oxygen atoms in total. The molecule has 1 aliphatic carbocycles. The van der Waals surface area contributed by atoms with Gasteiger partial charge in [-0.2, -0.15) is 5.10 Å². The van der Waals surface area contributed by atoms with Crippen LogP contribution in [0.5, 0.6) is 5.75 Å². The molecule has 1 N–H and O–H groups in total. The maximum Gasteiger partial charge on any atom is 0.193 e. The predicted octanol–water partition coefficient (Wildman–Crippen LogP) is 3.14. The number of hydrogen-bond acceptors (Lipinski definition) is 3. The van der Waals surface area contributed by atoms with Gasteiger partial charge < -0.3 is 15.0 Å². The molecule has 3 atom stereocenters. The Morgan fingerprint density at radius 3 is 2.82 bits per heavy atom. The number of guanidine groups is 1. The van der Waals surface area contributed by atoms with E-state index in [1.807, 2.05) is 37.1 Å². The van der Waals surface area contributed by atoms with Gasteiger partial charge in [0.1, 0.15) is 5.75 Å². The molecule has 2 heterocycles. The van der Waals surface area contributed by atoms with E-state index in [0.29, 0.717) is 12.0 Å². The van der Waals surface area contributed by atoms with Crippen molar-refractivity contribution < 1.29 is 4.74 Å². The number of likely N-dealkylation sites (tertiary alicyclic amines) is 1. The van der Waals surface area contributed by atoms with Crippen LogP contribution in [0.1, 0.15) is 36.8 Å². The van der Waals surface area contributed by atoms with Gasteiger partial charge in [0.2, 0.25) is 0 Å². The van der Waals surface area contributed by atoms with Gasteiger partial charge in [0, 0.05) is 56.3 Å². The molecule has 1 saturated carbocycles. The number of halogens is 1. The average molecular weight is 495 g/mol. The molecule has 28 heavy (non-hydrogen) atoms. The van der Waals surface area contributed by atoms with Crippen molar-refractivity contribution in [2.45, 2.75) is 37.1 Å². The zero-order chi connectivity index (χ0) is 19.0. The number of hydrogen-bond donors (Lipinski definition) is 1. The molecule has 0 radical (unpaired) electrons. The van der Waals surface area contributed by atoms with Gasteiger partial charge >= 0.3 is 0 Å². The quantitative estimate of drug-likeness (QED) is 0.403. The van der Waals surface area contributed by atoms with Gasteiger partial charge in [0.05, 0.1) is 13.3 Å². The van der Waals surface area contributed by atoms with Crippen molar-refractivity contribution in [2.24, 2.45) is 12.0 Å². The van der Waals surface area contributed by atoms with Crippen molar-refractivity contribution in [3.8, 4) is 5.75 Å². The molecule has 4 rings (SSSR count). The molecular weight excluding hydrogens is 465 g/mol. The third-order valence-corrected chi connectivity index (χ3v) is 6.16. The van der Waals surface area contributed by atoms with Gasteiger partial charge in [-0.05, 0) is 24.5 Å². The molecule has 2 aliphatic rings. The number of methoxy groups -OCH3 is 1. The summed E-state index contributed by atoms with van der Waals surface area (Å²) in [5.41, 5.74) is 2.68. The van der Waals surface area contributed by atoms with Crippen LogP contribution in [0.25, 0.3) is 0 Å².